The molecule has 5 nitrogen and oxygen atoms in total. The van der Waals surface area contributed by atoms with E-state index < -0.39 is 33.4 Å². The monoisotopic (exact) mass is 306 g/mol. The molecule has 0 fully saturated rings. The van der Waals surface area contributed by atoms with Crippen LogP contribution in [0.5, 0.6) is 0 Å². The third-order valence-corrected chi connectivity index (χ3v) is 3.62. The fraction of sp³-hybridized carbons (Fsp3) is 0.417. The molecule has 0 bridgehead atoms. The Morgan fingerprint density at radius 3 is 2.50 bits per heavy atom. The molecule has 0 heterocycles. The third kappa shape index (κ3) is 4.86. The standard InChI is InChI=1S/C12H16F2N2O3S/c1-7-5-9(14)11(6-8(7)13)16-12(17)10(15)3-4-20(2,18)19/h5-6,10H,3-4,15H2,1-2H3,(H,16,17). The summed E-state index contributed by atoms with van der Waals surface area (Å²) in [4.78, 5) is 11.7. The molecule has 0 saturated heterocycles. The predicted molar refractivity (Wildman–Crippen MR) is 72.0 cm³/mol. The van der Waals surface area contributed by atoms with Crippen molar-refractivity contribution in [3.05, 3.63) is 29.3 Å². The first-order valence-corrected chi connectivity index (χ1v) is 7.86. The van der Waals surface area contributed by atoms with E-state index in [4.69, 9.17) is 5.73 Å². The number of nitrogens with one attached hydrogen (secondary N) is 1. The minimum absolute atomic E-state index is 0.0966. The van der Waals surface area contributed by atoms with Gasteiger partial charge in [-0.2, -0.15) is 0 Å². The summed E-state index contributed by atoms with van der Waals surface area (Å²) < 4.78 is 48.7. The number of rotatable bonds is 5. The van der Waals surface area contributed by atoms with Gasteiger partial charge in [0.05, 0.1) is 17.5 Å². The van der Waals surface area contributed by atoms with E-state index in [1.165, 1.54) is 6.92 Å². The van der Waals surface area contributed by atoms with Crippen molar-refractivity contribution in [2.24, 2.45) is 5.73 Å². The number of carbonyl (C=O) groups excluding carboxylic acids is 1. The highest BCUT2D eigenvalue weighted by Gasteiger charge is 2.18. The van der Waals surface area contributed by atoms with E-state index in [0.717, 1.165) is 18.4 Å². The van der Waals surface area contributed by atoms with Gasteiger partial charge in [-0.1, -0.05) is 0 Å². The lowest BCUT2D eigenvalue weighted by atomic mass is 10.2. The quantitative estimate of drug-likeness (QED) is 0.848. The third-order valence-electron chi connectivity index (χ3n) is 2.64. The van der Waals surface area contributed by atoms with Gasteiger partial charge in [-0.05, 0) is 25.0 Å². The SMILES string of the molecule is Cc1cc(F)c(NC(=O)C(N)CCS(C)(=O)=O)cc1F. The normalized spacial score (nSPS) is 13.1. The maximum atomic E-state index is 13.5. The summed E-state index contributed by atoms with van der Waals surface area (Å²) in [6.45, 7) is 1.39. The van der Waals surface area contributed by atoms with E-state index in [2.05, 4.69) is 5.32 Å². The minimum atomic E-state index is -3.24. The predicted octanol–water partition coefficient (Wildman–Crippen LogP) is 0.974. The van der Waals surface area contributed by atoms with Gasteiger partial charge in [0.1, 0.15) is 21.5 Å². The Bertz CT molecular complexity index is 617. The Kier molecular flexibility index (Phi) is 5.18. The second kappa shape index (κ2) is 6.27. The number of amides is 1. The molecule has 1 aromatic rings. The summed E-state index contributed by atoms with van der Waals surface area (Å²) in [6.07, 6.45) is 0.924. The summed E-state index contributed by atoms with van der Waals surface area (Å²) in [6, 6.07) is 0.687. The van der Waals surface area contributed by atoms with Gasteiger partial charge < -0.3 is 11.1 Å². The van der Waals surface area contributed by atoms with Gasteiger partial charge in [-0.3, -0.25) is 4.79 Å². The highest BCUT2D eigenvalue weighted by Crippen LogP contribution is 2.19. The van der Waals surface area contributed by atoms with Crippen molar-refractivity contribution in [2.45, 2.75) is 19.4 Å². The second-order valence-corrected chi connectivity index (χ2v) is 6.86. The number of anilines is 1. The second-order valence-electron chi connectivity index (χ2n) is 4.60. The Morgan fingerprint density at radius 2 is 1.95 bits per heavy atom. The molecule has 1 atom stereocenters. The van der Waals surface area contributed by atoms with Gasteiger partial charge >= 0.3 is 0 Å². The lowest BCUT2D eigenvalue weighted by Crippen LogP contribution is -2.37. The Balaban J connectivity index is 2.73. The Labute approximate surface area is 116 Å². The van der Waals surface area contributed by atoms with Crippen LogP contribution in [0.15, 0.2) is 12.1 Å². The van der Waals surface area contributed by atoms with Crippen molar-refractivity contribution in [1.82, 2.24) is 0 Å². The highest BCUT2D eigenvalue weighted by atomic mass is 32.2. The lowest BCUT2D eigenvalue weighted by molar-refractivity contribution is -0.117. The van der Waals surface area contributed by atoms with E-state index in [0.29, 0.717) is 0 Å². The topological polar surface area (TPSA) is 89.3 Å². The van der Waals surface area contributed by atoms with Crippen LogP contribution in [0.3, 0.4) is 0 Å². The van der Waals surface area contributed by atoms with Gasteiger partial charge in [-0.15, -0.1) is 0 Å². The maximum Gasteiger partial charge on any atom is 0.241 e. The number of aryl methyl sites for hydroxylation is 1. The zero-order valence-corrected chi connectivity index (χ0v) is 11.9. The highest BCUT2D eigenvalue weighted by molar-refractivity contribution is 7.90. The number of hydrogen-bond acceptors (Lipinski definition) is 4. The van der Waals surface area contributed by atoms with Crippen molar-refractivity contribution in [3.63, 3.8) is 0 Å². The van der Waals surface area contributed by atoms with Crippen molar-refractivity contribution < 1.29 is 22.0 Å². The molecule has 1 rings (SSSR count). The van der Waals surface area contributed by atoms with E-state index in [1.54, 1.807) is 0 Å². The molecule has 0 spiro atoms. The Hall–Kier alpha value is -1.54. The van der Waals surface area contributed by atoms with Crippen LogP contribution in [-0.2, 0) is 14.6 Å². The molecule has 1 aromatic carbocycles. The molecule has 1 amide bonds. The maximum absolute atomic E-state index is 13.5. The molecule has 1 unspecified atom stereocenters. The van der Waals surface area contributed by atoms with Crippen molar-refractivity contribution >= 4 is 21.4 Å². The summed E-state index contributed by atoms with van der Waals surface area (Å²) in [5.41, 5.74) is 5.28. The van der Waals surface area contributed by atoms with Crippen LogP contribution in [0.1, 0.15) is 12.0 Å². The van der Waals surface area contributed by atoms with Crippen molar-refractivity contribution in [3.8, 4) is 0 Å². The fourth-order valence-electron chi connectivity index (χ4n) is 1.44. The number of benzene rings is 1. The van der Waals surface area contributed by atoms with E-state index in [1.807, 2.05) is 0 Å². The smallest absolute Gasteiger partial charge is 0.241 e. The van der Waals surface area contributed by atoms with Crippen molar-refractivity contribution in [1.29, 1.82) is 0 Å². The van der Waals surface area contributed by atoms with Gasteiger partial charge in [-0.25, -0.2) is 17.2 Å². The minimum Gasteiger partial charge on any atom is -0.322 e. The lowest BCUT2D eigenvalue weighted by Gasteiger charge is -2.12. The Morgan fingerprint density at radius 1 is 1.35 bits per heavy atom. The number of nitrogens with two attached hydrogens (primary N) is 1. The molecule has 0 aromatic heterocycles. The molecule has 8 heteroatoms. The molecular formula is C12H16F2N2O3S. The number of hydrogen-bond donors (Lipinski definition) is 2. The van der Waals surface area contributed by atoms with Gasteiger partial charge in [0, 0.05) is 12.3 Å². The number of halogens is 2. The van der Waals surface area contributed by atoms with E-state index in [-0.39, 0.29) is 23.4 Å². The average molecular weight is 306 g/mol. The van der Waals surface area contributed by atoms with Crippen molar-refractivity contribution in [2.75, 3.05) is 17.3 Å². The van der Waals surface area contributed by atoms with Gasteiger partial charge in [0.15, 0.2) is 0 Å². The molecule has 20 heavy (non-hydrogen) atoms. The molecule has 0 aliphatic heterocycles. The average Bonchev–Trinajstić information content (AvgIpc) is 2.31. The molecule has 112 valence electrons. The first-order chi connectivity index (χ1) is 9.10. The molecule has 0 saturated carbocycles. The summed E-state index contributed by atoms with van der Waals surface area (Å²) in [7, 11) is -3.24. The first kappa shape index (κ1) is 16.5. The summed E-state index contributed by atoms with van der Waals surface area (Å²) >= 11 is 0. The molecule has 0 aliphatic carbocycles. The fourth-order valence-corrected chi connectivity index (χ4v) is 2.12. The molecule has 3 N–H and O–H groups in total. The van der Waals surface area contributed by atoms with Crippen LogP contribution in [0.25, 0.3) is 0 Å². The number of carbonyl (C=O) groups is 1. The zero-order chi connectivity index (χ0) is 15.5. The van der Waals surface area contributed by atoms with Crippen LogP contribution >= 0.6 is 0 Å². The van der Waals surface area contributed by atoms with Crippen LogP contribution in [0.4, 0.5) is 14.5 Å². The summed E-state index contributed by atoms with van der Waals surface area (Å²) in [5.74, 6) is -2.47. The molecular weight excluding hydrogens is 290 g/mol. The van der Waals surface area contributed by atoms with Crippen LogP contribution in [0.2, 0.25) is 0 Å². The molecule has 0 radical (unpaired) electrons. The largest absolute Gasteiger partial charge is 0.322 e. The van der Waals surface area contributed by atoms with Crippen LogP contribution in [0, 0.1) is 18.6 Å². The summed E-state index contributed by atoms with van der Waals surface area (Å²) in [5, 5.41) is 2.14. The number of sulfone groups is 1. The van der Waals surface area contributed by atoms with Gasteiger partial charge in [0.25, 0.3) is 0 Å². The van der Waals surface area contributed by atoms with E-state index >= 15 is 0 Å². The first-order valence-electron chi connectivity index (χ1n) is 5.80. The van der Waals surface area contributed by atoms with Crippen LogP contribution in [-0.4, -0.2) is 32.4 Å². The zero-order valence-electron chi connectivity index (χ0n) is 11.1. The van der Waals surface area contributed by atoms with E-state index in [9.17, 15) is 22.0 Å². The van der Waals surface area contributed by atoms with Gasteiger partial charge in [0.2, 0.25) is 5.91 Å². The van der Waals surface area contributed by atoms with Crippen LogP contribution < -0.4 is 11.1 Å². The molecule has 0 aliphatic rings.